The molecule has 0 saturated carbocycles. The maximum atomic E-state index is 12.2. The topological polar surface area (TPSA) is 58.6 Å². The van der Waals surface area contributed by atoms with Crippen LogP contribution in [0, 0.1) is 13.8 Å². The molecule has 1 aromatic carbocycles. The zero-order chi connectivity index (χ0) is 17.1. The molecule has 0 aliphatic carbocycles. The minimum Gasteiger partial charge on any atom is -0.459 e. The number of hydrogen-bond acceptors (Lipinski definition) is 3. The Morgan fingerprint density at radius 2 is 1.73 bits per heavy atom. The number of nitrogens with one attached hydrogen (secondary N) is 1. The second-order valence-electron chi connectivity index (χ2n) is 6.29. The Bertz CT molecular complexity index is 556. The fourth-order valence-electron chi connectivity index (χ4n) is 1.95. The van der Waals surface area contributed by atoms with Crippen LogP contribution in [0.1, 0.15) is 31.9 Å². The van der Waals surface area contributed by atoms with E-state index in [4.69, 9.17) is 4.74 Å². The first kappa shape index (κ1) is 18.5. The summed E-state index contributed by atoms with van der Waals surface area (Å²) in [5, 5.41) is 2.83. The van der Waals surface area contributed by atoms with Gasteiger partial charge in [0.2, 0.25) is 0 Å². The predicted molar refractivity (Wildman–Crippen MR) is 91.1 cm³/mol. The standard InChI is InChI=1S/C16H23BrN2O3/c1-10-7-12(17)8-11(2)14(10)18-15(21)19(6)9-13(20)22-16(3,4)5/h7-8H,9H2,1-6H3,(H,18,21). The number of carbonyl (C=O) groups excluding carboxylic acids is 2. The van der Waals surface area contributed by atoms with Crippen LogP contribution in [0.25, 0.3) is 0 Å². The molecular formula is C16H23BrN2O3. The highest BCUT2D eigenvalue weighted by Crippen LogP contribution is 2.25. The van der Waals surface area contributed by atoms with Crippen LogP contribution in [0.5, 0.6) is 0 Å². The van der Waals surface area contributed by atoms with Gasteiger partial charge in [0, 0.05) is 17.2 Å². The van der Waals surface area contributed by atoms with E-state index in [2.05, 4.69) is 21.2 Å². The lowest BCUT2D eigenvalue weighted by molar-refractivity contribution is -0.155. The molecule has 0 heterocycles. The quantitative estimate of drug-likeness (QED) is 0.821. The van der Waals surface area contributed by atoms with Gasteiger partial charge in [-0.15, -0.1) is 0 Å². The number of urea groups is 1. The lowest BCUT2D eigenvalue weighted by atomic mass is 10.1. The van der Waals surface area contributed by atoms with Crippen molar-refractivity contribution < 1.29 is 14.3 Å². The van der Waals surface area contributed by atoms with Gasteiger partial charge in [0.05, 0.1) is 0 Å². The molecule has 0 atom stereocenters. The van der Waals surface area contributed by atoms with Crippen molar-refractivity contribution in [3.05, 3.63) is 27.7 Å². The molecule has 0 fully saturated rings. The number of aryl methyl sites for hydroxylation is 2. The van der Waals surface area contributed by atoms with E-state index in [0.717, 1.165) is 21.3 Å². The highest BCUT2D eigenvalue weighted by atomic mass is 79.9. The summed E-state index contributed by atoms with van der Waals surface area (Å²) in [6, 6.07) is 3.51. The minimum absolute atomic E-state index is 0.0995. The second-order valence-corrected chi connectivity index (χ2v) is 7.20. The average molecular weight is 371 g/mol. The molecule has 0 bridgehead atoms. The summed E-state index contributed by atoms with van der Waals surface area (Å²) >= 11 is 3.42. The SMILES string of the molecule is Cc1cc(Br)cc(C)c1NC(=O)N(C)CC(=O)OC(C)(C)C. The number of likely N-dealkylation sites (N-methyl/N-ethyl adjacent to an activating group) is 1. The molecule has 1 rings (SSSR count). The Hall–Kier alpha value is -1.56. The Kier molecular flexibility index (Phi) is 6.00. The number of ether oxygens (including phenoxy) is 1. The highest BCUT2D eigenvalue weighted by molar-refractivity contribution is 9.10. The molecule has 0 aromatic heterocycles. The number of benzene rings is 1. The van der Waals surface area contributed by atoms with E-state index in [9.17, 15) is 9.59 Å². The first-order chi connectivity index (χ1) is 9.99. The van der Waals surface area contributed by atoms with Crippen molar-refractivity contribution in [2.24, 2.45) is 0 Å². The average Bonchev–Trinajstić information content (AvgIpc) is 2.30. The molecule has 22 heavy (non-hydrogen) atoms. The molecule has 5 nitrogen and oxygen atoms in total. The van der Waals surface area contributed by atoms with E-state index in [1.165, 1.54) is 4.90 Å². The molecule has 0 aliphatic rings. The highest BCUT2D eigenvalue weighted by Gasteiger charge is 2.20. The third-order valence-electron chi connectivity index (χ3n) is 2.86. The van der Waals surface area contributed by atoms with E-state index in [1.54, 1.807) is 27.8 Å². The summed E-state index contributed by atoms with van der Waals surface area (Å²) < 4.78 is 6.17. The van der Waals surface area contributed by atoms with Crippen molar-refractivity contribution in [3.8, 4) is 0 Å². The van der Waals surface area contributed by atoms with Crippen molar-refractivity contribution in [1.82, 2.24) is 4.90 Å². The van der Waals surface area contributed by atoms with Crippen LogP contribution in [-0.4, -0.2) is 36.1 Å². The molecule has 0 radical (unpaired) electrons. The Morgan fingerprint density at radius 3 is 2.18 bits per heavy atom. The molecule has 1 N–H and O–H groups in total. The van der Waals surface area contributed by atoms with Crippen LogP contribution in [0.15, 0.2) is 16.6 Å². The van der Waals surface area contributed by atoms with Crippen LogP contribution in [-0.2, 0) is 9.53 Å². The summed E-state index contributed by atoms with van der Waals surface area (Å²) in [6.07, 6.45) is 0. The van der Waals surface area contributed by atoms with Crippen LogP contribution < -0.4 is 5.32 Å². The zero-order valence-electron chi connectivity index (χ0n) is 13.9. The van der Waals surface area contributed by atoms with Gasteiger partial charge in [-0.25, -0.2) is 4.79 Å². The largest absolute Gasteiger partial charge is 0.459 e. The molecule has 6 heteroatoms. The first-order valence-electron chi connectivity index (χ1n) is 7.00. The molecular weight excluding hydrogens is 348 g/mol. The number of anilines is 1. The van der Waals surface area contributed by atoms with Crippen molar-refractivity contribution in [2.45, 2.75) is 40.2 Å². The first-order valence-corrected chi connectivity index (χ1v) is 7.79. The van der Waals surface area contributed by atoms with Gasteiger partial charge < -0.3 is 15.0 Å². The predicted octanol–water partition coefficient (Wildman–Crippen LogP) is 3.87. The lowest BCUT2D eigenvalue weighted by Gasteiger charge is -2.23. The number of amides is 2. The fraction of sp³-hybridized carbons (Fsp3) is 0.500. The summed E-state index contributed by atoms with van der Waals surface area (Å²) in [6.45, 7) is 9.11. The van der Waals surface area contributed by atoms with Gasteiger partial charge in [0.1, 0.15) is 12.1 Å². The minimum atomic E-state index is -0.562. The van der Waals surface area contributed by atoms with E-state index < -0.39 is 11.6 Å². The molecule has 0 unspecified atom stereocenters. The van der Waals surface area contributed by atoms with Crippen LogP contribution >= 0.6 is 15.9 Å². The molecule has 0 spiro atoms. The molecule has 0 aliphatic heterocycles. The monoisotopic (exact) mass is 370 g/mol. The second kappa shape index (κ2) is 7.13. The van der Waals surface area contributed by atoms with E-state index in [-0.39, 0.29) is 12.6 Å². The maximum absolute atomic E-state index is 12.2. The number of carbonyl (C=O) groups is 2. The summed E-state index contributed by atoms with van der Waals surface area (Å²) in [5.74, 6) is -0.436. The molecule has 0 saturated heterocycles. The lowest BCUT2D eigenvalue weighted by Crippen LogP contribution is -2.38. The van der Waals surface area contributed by atoms with Gasteiger partial charge in [-0.3, -0.25) is 4.79 Å². The Labute approximate surface area is 140 Å². The van der Waals surface area contributed by atoms with Crippen molar-refractivity contribution in [2.75, 3.05) is 18.9 Å². The van der Waals surface area contributed by atoms with Crippen molar-refractivity contribution in [1.29, 1.82) is 0 Å². The van der Waals surface area contributed by atoms with Gasteiger partial charge in [-0.05, 0) is 57.9 Å². The van der Waals surface area contributed by atoms with Gasteiger partial charge in [-0.2, -0.15) is 0 Å². The van der Waals surface area contributed by atoms with Crippen LogP contribution in [0.4, 0.5) is 10.5 Å². The number of esters is 1. The van der Waals surface area contributed by atoms with Gasteiger partial charge in [0.25, 0.3) is 0 Å². The number of rotatable bonds is 3. The molecule has 1 aromatic rings. The van der Waals surface area contributed by atoms with Crippen LogP contribution in [0.3, 0.4) is 0 Å². The fourth-order valence-corrected chi connectivity index (χ4v) is 2.64. The number of nitrogens with zero attached hydrogens (tertiary/aromatic N) is 1. The molecule has 122 valence electrons. The summed E-state index contributed by atoms with van der Waals surface area (Å²) in [7, 11) is 1.56. The summed E-state index contributed by atoms with van der Waals surface area (Å²) in [5.41, 5.74) is 2.09. The van der Waals surface area contributed by atoms with Crippen molar-refractivity contribution >= 4 is 33.6 Å². The van der Waals surface area contributed by atoms with E-state index in [0.29, 0.717) is 0 Å². The van der Waals surface area contributed by atoms with Gasteiger partial charge in [-0.1, -0.05) is 15.9 Å². The van der Waals surface area contributed by atoms with E-state index in [1.807, 2.05) is 26.0 Å². The third-order valence-corrected chi connectivity index (χ3v) is 3.32. The van der Waals surface area contributed by atoms with Gasteiger partial charge >= 0.3 is 12.0 Å². The van der Waals surface area contributed by atoms with Crippen molar-refractivity contribution in [3.63, 3.8) is 0 Å². The number of halogens is 1. The van der Waals surface area contributed by atoms with E-state index >= 15 is 0 Å². The van der Waals surface area contributed by atoms with Gasteiger partial charge in [0.15, 0.2) is 0 Å². The Balaban J connectivity index is 2.71. The number of hydrogen-bond donors (Lipinski definition) is 1. The third kappa shape index (κ3) is 5.67. The Morgan fingerprint density at radius 1 is 1.23 bits per heavy atom. The maximum Gasteiger partial charge on any atom is 0.326 e. The van der Waals surface area contributed by atoms with Crippen LogP contribution in [0.2, 0.25) is 0 Å². The zero-order valence-corrected chi connectivity index (χ0v) is 15.5. The summed E-state index contributed by atoms with van der Waals surface area (Å²) in [4.78, 5) is 25.3. The molecule has 2 amide bonds. The smallest absolute Gasteiger partial charge is 0.326 e. The normalized spacial score (nSPS) is 11.0.